The molecule has 0 aromatic heterocycles. The number of para-hydroxylation sites is 1. The zero-order valence-corrected chi connectivity index (χ0v) is 12.0. The molecular weight excluding hydrogens is 250 g/mol. The summed E-state index contributed by atoms with van der Waals surface area (Å²) in [5.41, 5.74) is 8.21. The summed E-state index contributed by atoms with van der Waals surface area (Å²) >= 11 is 0. The molecule has 106 valence electrons. The van der Waals surface area contributed by atoms with Gasteiger partial charge in [0.05, 0.1) is 13.7 Å². The van der Waals surface area contributed by atoms with Crippen molar-refractivity contribution in [2.24, 2.45) is 5.73 Å². The van der Waals surface area contributed by atoms with Crippen LogP contribution in [0.3, 0.4) is 0 Å². The van der Waals surface area contributed by atoms with Crippen LogP contribution in [0.25, 0.3) is 0 Å². The van der Waals surface area contributed by atoms with Gasteiger partial charge in [0.25, 0.3) is 0 Å². The third-order valence-electron chi connectivity index (χ3n) is 3.22. The topological polar surface area (TPSA) is 44.5 Å². The molecule has 0 aliphatic rings. The molecule has 3 nitrogen and oxygen atoms in total. The van der Waals surface area contributed by atoms with Gasteiger partial charge >= 0.3 is 0 Å². The lowest BCUT2D eigenvalue weighted by molar-refractivity contribution is 0.317. The van der Waals surface area contributed by atoms with E-state index in [0.717, 1.165) is 23.5 Å². The Morgan fingerprint density at radius 1 is 1.05 bits per heavy atom. The highest BCUT2D eigenvalue weighted by Gasteiger charge is 2.06. The fourth-order valence-electron chi connectivity index (χ4n) is 2.06. The number of ether oxygens (including phenoxy) is 2. The van der Waals surface area contributed by atoms with E-state index in [2.05, 4.69) is 12.1 Å². The van der Waals surface area contributed by atoms with E-state index < -0.39 is 0 Å². The first-order chi connectivity index (χ1) is 9.70. The van der Waals surface area contributed by atoms with E-state index in [0.29, 0.717) is 6.61 Å². The van der Waals surface area contributed by atoms with Crippen molar-refractivity contribution >= 4 is 0 Å². The zero-order valence-electron chi connectivity index (χ0n) is 12.0. The van der Waals surface area contributed by atoms with E-state index in [1.807, 2.05) is 43.3 Å². The maximum Gasteiger partial charge on any atom is 0.124 e. The van der Waals surface area contributed by atoms with Crippen LogP contribution in [0.15, 0.2) is 48.5 Å². The monoisotopic (exact) mass is 271 g/mol. The van der Waals surface area contributed by atoms with Crippen LogP contribution in [0, 0.1) is 0 Å². The predicted molar refractivity (Wildman–Crippen MR) is 81.2 cm³/mol. The van der Waals surface area contributed by atoms with E-state index >= 15 is 0 Å². The van der Waals surface area contributed by atoms with Gasteiger partial charge in [-0.2, -0.15) is 0 Å². The van der Waals surface area contributed by atoms with Crippen molar-refractivity contribution in [1.82, 2.24) is 0 Å². The molecule has 0 radical (unpaired) electrons. The number of nitrogens with two attached hydrogens (primary N) is 1. The first-order valence-electron chi connectivity index (χ1n) is 6.81. The lowest BCUT2D eigenvalue weighted by Crippen LogP contribution is -2.09. The van der Waals surface area contributed by atoms with Gasteiger partial charge in [0.15, 0.2) is 0 Å². The van der Waals surface area contributed by atoms with Crippen molar-refractivity contribution in [3.63, 3.8) is 0 Å². The molecule has 0 aliphatic heterocycles. The Labute approximate surface area is 120 Å². The molecule has 0 spiro atoms. The standard InChI is InChI=1S/C17H21NO2/c1-13(18)16-5-3-4-6-17(16)20-12-11-14-7-9-15(19-2)10-8-14/h3-10,13H,11-12,18H2,1-2H3/t13-/m1/s1. The molecule has 2 rings (SSSR count). The molecule has 3 heteroatoms. The van der Waals surface area contributed by atoms with Gasteiger partial charge < -0.3 is 15.2 Å². The van der Waals surface area contributed by atoms with Crippen molar-refractivity contribution in [1.29, 1.82) is 0 Å². The predicted octanol–water partition coefficient (Wildman–Crippen LogP) is 3.34. The fraction of sp³-hybridized carbons (Fsp3) is 0.294. The Morgan fingerprint density at radius 2 is 1.75 bits per heavy atom. The van der Waals surface area contributed by atoms with Crippen LogP contribution >= 0.6 is 0 Å². The molecule has 0 amide bonds. The number of hydrogen-bond acceptors (Lipinski definition) is 3. The second kappa shape index (κ2) is 6.96. The van der Waals surface area contributed by atoms with Crippen LogP contribution in [-0.4, -0.2) is 13.7 Å². The molecular formula is C17H21NO2. The van der Waals surface area contributed by atoms with E-state index in [-0.39, 0.29) is 6.04 Å². The quantitative estimate of drug-likeness (QED) is 0.876. The minimum atomic E-state index is -0.0211. The SMILES string of the molecule is COc1ccc(CCOc2ccccc2[C@@H](C)N)cc1. The molecule has 0 aliphatic carbocycles. The van der Waals surface area contributed by atoms with Crippen LogP contribution in [0.5, 0.6) is 11.5 Å². The van der Waals surface area contributed by atoms with Gasteiger partial charge in [-0.15, -0.1) is 0 Å². The maximum atomic E-state index is 5.94. The first kappa shape index (κ1) is 14.4. The molecule has 0 heterocycles. The van der Waals surface area contributed by atoms with Crippen LogP contribution in [0.2, 0.25) is 0 Å². The second-order valence-corrected chi connectivity index (χ2v) is 4.77. The van der Waals surface area contributed by atoms with Crippen molar-refractivity contribution < 1.29 is 9.47 Å². The van der Waals surface area contributed by atoms with Gasteiger partial charge in [-0.1, -0.05) is 30.3 Å². The average molecular weight is 271 g/mol. The molecule has 20 heavy (non-hydrogen) atoms. The lowest BCUT2D eigenvalue weighted by atomic mass is 10.1. The highest BCUT2D eigenvalue weighted by molar-refractivity contribution is 5.35. The van der Waals surface area contributed by atoms with Crippen LogP contribution in [0.1, 0.15) is 24.1 Å². The molecule has 1 atom stereocenters. The zero-order chi connectivity index (χ0) is 14.4. The smallest absolute Gasteiger partial charge is 0.124 e. The molecule has 0 fully saturated rings. The summed E-state index contributed by atoms with van der Waals surface area (Å²) in [6.07, 6.45) is 0.858. The normalized spacial score (nSPS) is 11.9. The molecule has 0 unspecified atom stereocenters. The van der Waals surface area contributed by atoms with Gasteiger partial charge in [0.2, 0.25) is 0 Å². The Bertz CT molecular complexity index is 535. The van der Waals surface area contributed by atoms with E-state index in [4.69, 9.17) is 15.2 Å². The van der Waals surface area contributed by atoms with E-state index in [9.17, 15) is 0 Å². The lowest BCUT2D eigenvalue weighted by Gasteiger charge is -2.13. The molecule has 0 bridgehead atoms. The van der Waals surface area contributed by atoms with Crippen LogP contribution < -0.4 is 15.2 Å². The fourth-order valence-corrected chi connectivity index (χ4v) is 2.06. The minimum absolute atomic E-state index is 0.0211. The second-order valence-electron chi connectivity index (χ2n) is 4.77. The number of hydrogen-bond donors (Lipinski definition) is 1. The number of benzene rings is 2. The Kier molecular flexibility index (Phi) is 5.02. The highest BCUT2D eigenvalue weighted by Crippen LogP contribution is 2.23. The third kappa shape index (κ3) is 3.75. The van der Waals surface area contributed by atoms with Gasteiger partial charge in [0.1, 0.15) is 11.5 Å². The molecule has 0 saturated carbocycles. The average Bonchev–Trinajstić information content (AvgIpc) is 2.48. The summed E-state index contributed by atoms with van der Waals surface area (Å²) in [5, 5.41) is 0. The molecule has 2 aromatic carbocycles. The molecule has 0 saturated heterocycles. The summed E-state index contributed by atoms with van der Waals surface area (Å²) in [6, 6.07) is 15.9. The van der Waals surface area contributed by atoms with Crippen LogP contribution in [0.4, 0.5) is 0 Å². The third-order valence-corrected chi connectivity index (χ3v) is 3.22. The van der Waals surface area contributed by atoms with Crippen LogP contribution in [-0.2, 0) is 6.42 Å². The minimum Gasteiger partial charge on any atom is -0.497 e. The number of rotatable bonds is 6. The number of methoxy groups -OCH3 is 1. The summed E-state index contributed by atoms with van der Waals surface area (Å²) in [7, 11) is 1.67. The first-order valence-corrected chi connectivity index (χ1v) is 6.81. The van der Waals surface area contributed by atoms with Gasteiger partial charge in [0, 0.05) is 18.0 Å². The van der Waals surface area contributed by atoms with Crippen molar-refractivity contribution in [2.75, 3.05) is 13.7 Å². The summed E-state index contributed by atoms with van der Waals surface area (Å²) < 4.78 is 11.0. The van der Waals surface area contributed by atoms with Gasteiger partial charge in [-0.25, -0.2) is 0 Å². The summed E-state index contributed by atoms with van der Waals surface area (Å²) in [6.45, 7) is 2.60. The van der Waals surface area contributed by atoms with Crippen molar-refractivity contribution in [2.45, 2.75) is 19.4 Å². The Morgan fingerprint density at radius 3 is 2.40 bits per heavy atom. The van der Waals surface area contributed by atoms with E-state index in [1.54, 1.807) is 7.11 Å². The highest BCUT2D eigenvalue weighted by atomic mass is 16.5. The maximum absolute atomic E-state index is 5.94. The summed E-state index contributed by atoms with van der Waals surface area (Å²) in [4.78, 5) is 0. The Balaban J connectivity index is 1.92. The Hall–Kier alpha value is -2.00. The van der Waals surface area contributed by atoms with E-state index in [1.165, 1.54) is 5.56 Å². The van der Waals surface area contributed by atoms with Crippen molar-refractivity contribution in [3.8, 4) is 11.5 Å². The largest absolute Gasteiger partial charge is 0.497 e. The van der Waals surface area contributed by atoms with Crippen molar-refractivity contribution in [3.05, 3.63) is 59.7 Å². The summed E-state index contributed by atoms with van der Waals surface area (Å²) in [5.74, 6) is 1.74. The molecule has 2 aromatic rings. The van der Waals surface area contributed by atoms with Gasteiger partial charge in [-0.05, 0) is 30.7 Å². The van der Waals surface area contributed by atoms with Gasteiger partial charge in [-0.3, -0.25) is 0 Å². The molecule has 2 N–H and O–H groups in total.